The van der Waals surface area contributed by atoms with Gasteiger partial charge in [0.1, 0.15) is 0 Å². The summed E-state index contributed by atoms with van der Waals surface area (Å²) in [7, 11) is 0. The summed E-state index contributed by atoms with van der Waals surface area (Å²) in [4.78, 5) is 12.1. The molecule has 1 aromatic rings. The number of carbonyl (C=O) groups excluding carboxylic acids is 1. The quantitative estimate of drug-likeness (QED) is 0.658. The van der Waals surface area contributed by atoms with Gasteiger partial charge in [-0.05, 0) is 24.5 Å². The van der Waals surface area contributed by atoms with Crippen LogP contribution in [0.3, 0.4) is 0 Å². The Morgan fingerprint density at radius 1 is 1.45 bits per heavy atom. The monoisotopic (exact) mass is 278 g/mol. The van der Waals surface area contributed by atoms with Crippen LogP contribution in [-0.2, 0) is 16.0 Å². The van der Waals surface area contributed by atoms with Gasteiger partial charge in [0.25, 0.3) is 5.91 Å². The molecule has 0 bridgehead atoms. The second-order valence-corrected chi connectivity index (χ2v) is 5.04. The zero-order chi connectivity index (χ0) is 14.4. The smallest absolute Gasteiger partial charge is 0.253 e. The van der Waals surface area contributed by atoms with Gasteiger partial charge in [0, 0.05) is 19.6 Å². The molecule has 2 rings (SSSR count). The van der Waals surface area contributed by atoms with Gasteiger partial charge in [0.05, 0.1) is 12.7 Å². The maximum Gasteiger partial charge on any atom is 0.253 e. The van der Waals surface area contributed by atoms with E-state index < -0.39 is 6.10 Å². The van der Waals surface area contributed by atoms with Gasteiger partial charge in [-0.15, -0.1) is 0 Å². The second-order valence-electron chi connectivity index (χ2n) is 5.04. The summed E-state index contributed by atoms with van der Waals surface area (Å²) in [6.07, 6.45) is -0.0217. The number of nitrogens with one attached hydrogen (secondary N) is 2. The van der Waals surface area contributed by atoms with Gasteiger partial charge in [0.2, 0.25) is 0 Å². The molecule has 0 radical (unpaired) electrons. The molecule has 1 aliphatic rings. The van der Waals surface area contributed by atoms with E-state index >= 15 is 0 Å². The number of hydrogen-bond donors (Lipinski definition) is 3. The van der Waals surface area contributed by atoms with Crippen molar-refractivity contribution in [3.05, 3.63) is 35.4 Å². The lowest BCUT2D eigenvalue weighted by Gasteiger charge is -2.25. The average Bonchev–Trinajstić information content (AvgIpc) is 2.45. The van der Waals surface area contributed by atoms with E-state index in [1.807, 2.05) is 24.3 Å². The van der Waals surface area contributed by atoms with Gasteiger partial charge < -0.3 is 20.5 Å². The summed E-state index contributed by atoms with van der Waals surface area (Å²) in [6.45, 7) is 3.98. The molecule has 0 aliphatic carbocycles. The third kappa shape index (κ3) is 4.03. The van der Waals surface area contributed by atoms with Crippen LogP contribution < -0.4 is 10.6 Å². The van der Waals surface area contributed by atoms with Crippen molar-refractivity contribution in [1.29, 1.82) is 0 Å². The van der Waals surface area contributed by atoms with Crippen molar-refractivity contribution in [1.82, 2.24) is 10.6 Å². The lowest BCUT2D eigenvalue weighted by molar-refractivity contribution is -0.134. The van der Waals surface area contributed by atoms with E-state index in [1.165, 1.54) is 5.56 Å². The van der Waals surface area contributed by atoms with Crippen molar-refractivity contribution in [2.24, 2.45) is 0 Å². The molecule has 1 aromatic carbocycles. The largest absolute Gasteiger partial charge is 0.392 e. The average molecular weight is 278 g/mol. The van der Waals surface area contributed by atoms with E-state index in [0.29, 0.717) is 26.2 Å². The van der Waals surface area contributed by atoms with Crippen molar-refractivity contribution in [2.45, 2.75) is 25.6 Å². The molecule has 2 atom stereocenters. The van der Waals surface area contributed by atoms with Crippen LogP contribution in [0.15, 0.2) is 24.3 Å². The van der Waals surface area contributed by atoms with Gasteiger partial charge >= 0.3 is 0 Å². The topological polar surface area (TPSA) is 70.6 Å². The molecule has 0 saturated carbocycles. The fourth-order valence-electron chi connectivity index (χ4n) is 2.29. The standard InChI is InChI=1S/C15H22N2O3/c1-11(18)10-16-7-8-17-15(19)14-13-5-3-2-4-12(13)6-9-20-14/h2-5,11,14,16,18H,6-10H2,1H3,(H,17,19). The first kappa shape index (κ1) is 15.0. The predicted octanol–water partition coefficient (Wildman–Crippen LogP) is 0.387. The first-order chi connectivity index (χ1) is 9.68. The number of ether oxygens (including phenoxy) is 1. The lowest BCUT2D eigenvalue weighted by Crippen LogP contribution is -2.38. The Bertz CT molecular complexity index is 448. The maximum absolute atomic E-state index is 12.1. The number of carbonyl (C=O) groups is 1. The summed E-state index contributed by atoms with van der Waals surface area (Å²) < 4.78 is 5.59. The van der Waals surface area contributed by atoms with Crippen LogP contribution >= 0.6 is 0 Å². The summed E-state index contributed by atoms with van der Waals surface area (Å²) >= 11 is 0. The Morgan fingerprint density at radius 2 is 2.25 bits per heavy atom. The zero-order valence-electron chi connectivity index (χ0n) is 11.8. The van der Waals surface area contributed by atoms with E-state index in [0.717, 1.165) is 12.0 Å². The van der Waals surface area contributed by atoms with Gasteiger partial charge in [-0.2, -0.15) is 0 Å². The SMILES string of the molecule is CC(O)CNCCNC(=O)C1OCCc2ccccc21. The highest BCUT2D eigenvalue weighted by molar-refractivity contribution is 5.82. The molecule has 1 aliphatic heterocycles. The molecule has 0 fully saturated rings. The van der Waals surface area contributed by atoms with Gasteiger partial charge in [-0.1, -0.05) is 24.3 Å². The third-order valence-electron chi connectivity index (χ3n) is 3.27. The molecule has 20 heavy (non-hydrogen) atoms. The van der Waals surface area contributed by atoms with Crippen molar-refractivity contribution in [3.63, 3.8) is 0 Å². The number of hydrogen-bond acceptors (Lipinski definition) is 4. The number of fused-ring (bicyclic) bond motifs is 1. The molecular weight excluding hydrogens is 256 g/mol. The summed E-state index contributed by atoms with van der Waals surface area (Å²) in [5.41, 5.74) is 2.15. The normalized spacial score (nSPS) is 19.2. The third-order valence-corrected chi connectivity index (χ3v) is 3.27. The summed E-state index contributed by atoms with van der Waals surface area (Å²) in [5.74, 6) is -0.101. The Hall–Kier alpha value is -1.43. The first-order valence-electron chi connectivity index (χ1n) is 7.04. The molecule has 5 nitrogen and oxygen atoms in total. The van der Waals surface area contributed by atoms with Crippen LogP contribution in [0.1, 0.15) is 24.2 Å². The summed E-state index contributed by atoms with van der Waals surface area (Å²) in [6, 6.07) is 7.91. The molecule has 1 heterocycles. The fraction of sp³-hybridized carbons (Fsp3) is 0.533. The van der Waals surface area contributed by atoms with Crippen LogP contribution in [0.25, 0.3) is 0 Å². The minimum absolute atomic E-state index is 0.101. The van der Waals surface area contributed by atoms with Crippen molar-refractivity contribution >= 4 is 5.91 Å². The number of aliphatic hydroxyl groups is 1. The molecule has 0 saturated heterocycles. The Balaban J connectivity index is 1.82. The van der Waals surface area contributed by atoms with E-state index in [-0.39, 0.29) is 12.0 Å². The van der Waals surface area contributed by atoms with Crippen LogP contribution in [0.4, 0.5) is 0 Å². The highest BCUT2D eigenvalue weighted by Crippen LogP contribution is 2.26. The van der Waals surface area contributed by atoms with Gasteiger partial charge in [0.15, 0.2) is 6.10 Å². The number of benzene rings is 1. The number of aliphatic hydroxyl groups excluding tert-OH is 1. The molecule has 5 heteroatoms. The van der Waals surface area contributed by atoms with E-state index in [9.17, 15) is 4.79 Å². The highest BCUT2D eigenvalue weighted by atomic mass is 16.5. The predicted molar refractivity (Wildman–Crippen MR) is 76.4 cm³/mol. The van der Waals surface area contributed by atoms with E-state index in [2.05, 4.69) is 10.6 Å². The van der Waals surface area contributed by atoms with Crippen LogP contribution in [0.5, 0.6) is 0 Å². The summed E-state index contributed by atoms with van der Waals surface area (Å²) in [5, 5.41) is 15.0. The van der Waals surface area contributed by atoms with E-state index in [1.54, 1.807) is 6.92 Å². The van der Waals surface area contributed by atoms with Gasteiger partial charge in [-0.25, -0.2) is 0 Å². The first-order valence-corrected chi connectivity index (χ1v) is 7.04. The Kier molecular flexibility index (Phi) is 5.52. The molecule has 110 valence electrons. The van der Waals surface area contributed by atoms with Gasteiger partial charge in [-0.3, -0.25) is 4.79 Å². The van der Waals surface area contributed by atoms with Crippen LogP contribution in [0.2, 0.25) is 0 Å². The number of rotatable bonds is 6. The molecular formula is C15H22N2O3. The Labute approximate surface area is 119 Å². The van der Waals surface area contributed by atoms with Crippen molar-refractivity contribution in [3.8, 4) is 0 Å². The fourth-order valence-corrected chi connectivity index (χ4v) is 2.29. The van der Waals surface area contributed by atoms with Crippen LogP contribution in [-0.4, -0.2) is 43.4 Å². The minimum Gasteiger partial charge on any atom is -0.392 e. The van der Waals surface area contributed by atoms with Crippen molar-refractivity contribution < 1.29 is 14.6 Å². The molecule has 0 aromatic heterocycles. The van der Waals surface area contributed by atoms with Crippen LogP contribution in [0, 0.1) is 0 Å². The molecule has 2 unspecified atom stereocenters. The Morgan fingerprint density at radius 3 is 3.05 bits per heavy atom. The molecule has 3 N–H and O–H groups in total. The molecule has 0 spiro atoms. The maximum atomic E-state index is 12.1. The zero-order valence-corrected chi connectivity index (χ0v) is 11.8. The number of amides is 1. The lowest BCUT2D eigenvalue weighted by atomic mass is 9.97. The van der Waals surface area contributed by atoms with Crippen molar-refractivity contribution in [2.75, 3.05) is 26.2 Å². The minimum atomic E-state index is -0.503. The van der Waals surface area contributed by atoms with E-state index in [4.69, 9.17) is 9.84 Å². The highest BCUT2D eigenvalue weighted by Gasteiger charge is 2.26. The molecule has 1 amide bonds. The second kappa shape index (κ2) is 7.38.